The first-order chi connectivity index (χ1) is 8.73. The lowest BCUT2D eigenvalue weighted by Crippen LogP contribution is -2.33. The van der Waals surface area contributed by atoms with E-state index in [2.05, 4.69) is 5.32 Å². The third kappa shape index (κ3) is 4.46. The molecule has 19 heavy (non-hydrogen) atoms. The van der Waals surface area contributed by atoms with Crippen LogP contribution in [-0.2, 0) is 4.79 Å². The number of rotatable bonds is 6. The zero-order valence-corrected chi connectivity index (χ0v) is 11.0. The number of anilines is 1. The van der Waals surface area contributed by atoms with Crippen molar-refractivity contribution in [1.82, 2.24) is 0 Å². The Morgan fingerprint density at radius 1 is 1.47 bits per heavy atom. The number of hydrogen-bond acceptors (Lipinski definition) is 5. The summed E-state index contributed by atoms with van der Waals surface area (Å²) in [7, 11) is 1.41. The van der Waals surface area contributed by atoms with Gasteiger partial charge in [0.05, 0.1) is 24.5 Å². The molecule has 0 amide bonds. The maximum Gasteiger partial charge on any atom is 0.305 e. The van der Waals surface area contributed by atoms with E-state index in [1.165, 1.54) is 19.2 Å². The molecule has 0 bridgehead atoms. The molecule has 0 saturated carbocycles. The van der Waals surface area contributed by atoms with Gasteiger partial charge < -0.3 is 15.2 Å². The number of nitrogens with zero attached hydrogens (tertiary/aromatic N) is 1. The average molecular weight is 268 g/mol. The SMILES string of the molecule is COc1cc(NC(C)(C)CC(=O)O)cc([N+](=O)[O-])c1. The standard InChI is InChI=1S/C12H16N2O5/c1-12(2,7-11(15)16)13-8-4-9(14(17)18)6-10(5-8)19-3/h4-6,13H,7H2,1-3H3,(H,15,16). The summed E-state index contributed by atoms with van der Waals surface area (Å²) in [5.41, 5.74) is -0.406. The quantitative estimate of drug-likeness (QED) is 0.606. The first-order valence-corrected chi connectivity index (χ1v) is 5.57. The molecule has 0 unspecified atom stereocenters. The zero-order chi connectivity index (χ0) is 14.6. The Morgan fingerprint density at radius 2 is 2.11 bits per heavy atom. The number of ether oxygens (including phenoxy) is 1. The molecule has 2 N–H and O–H groups in total. The van der Waals surface area contributed by atoms with Crippen molar-refractivity contribution in [1.29, 1.82) is 0 Å². The van der Waals surface area contributed by atoms with Gasteiger partial charge in [0, 0.05) is 23.4 Å². The number of hydrogen-bond donors (Lipinski definition) is 2. The van der Waals surface area contributed by atoms with Crippen LogP contribution in [0, 0.1) is 10.1 Å². The predicted octanol–water partition coefficient (Wildman–Crippen LogP) is 2.27. The predicted molar refractivity (Wildman–Crippen MR) is 69.6 cm³/mol. The highest BCUT2D eigenvalue weighted by Gasteiger charge is 2.22. The Morgan fingerprint density at radius 3 is 2.58 bits per heavy atom. The van der Waals surface area contributed by atoms with Crippen molar-refractivity contribution in [2.45, 2.75) is 25.8 Å². The first-order valence-electron chi connectivity index (χ1n) is 5.57. The summed E-state index contributed by atoms with van der Waals surface area (Å²) in [5.74, 6) is -0.613. The van der Waals surface area contributed by atoms with Crippen molar-refractivity contribution < 1.29 is 19.6 Å². The van der Waals surface area contributed by atoms with Gasteiger partial charge in [-0.3, -0.25) is 14.9 Å². The molecule has 0 heterocycles. The number of methoxy groups -OCH3 is 1. The van der Waals surface area contributed by atoms with Crippen LogP contribution in [0.2, 0.25) is 0 Å². The normalized spacial score (nSPS) is 10.9. The van der Waals surface area contributed by atoms with Crippen LogP contribution in [0.3, 0.4) is 0 Å². The Hall–Kier alpha value is -2.31. The minimum Gasteiger partial charge on any atom is -0.496 e. The lowest BCUT2D eigenvalue weighted by atomic mass is 10.0. The monoisotopic (exact) mass is 268 g/mol. The van der Waals surface area contributed by atoms with Crippen LogP contribution < -0.4 is 10.1 Å². The molecule has 0 spiro atoms. The van der Waals surface area contributed by atoms with E-state index in [9.17, 15) is 14.9 Å². The zero-order valence-electron chi connectivity index (χ0n) is 11.0. The van der Waals surface area contributed by atoms with Crippen molar-refractivity contribution in [3.8, 4) is 5.75 Å². The number of nitro benzene ring substituents is 1. The highest BCUT2D eigenvalue weighted by molar-refractivity contribution is 5.69. The molecule has 1 aromatic rings. The number of carbonyl (C=O) groups is 1. The molecule has 0 atom stereocenters. The fourth-order valence-corrected chi connectivity index (χ4v) is 1.69. The van der Waals surface area contributed by atoms with Gasteiger partial charge >= 0.3 is 5.97 Å². The van der Waals surface area contributed by atoms with Gasteiger partial charge in [0.25, 0.3) is 5.69 Å². The van der Waals surface area contributed by atoms with E-state index in [1.54, 1.807) is 19.9 Å². The molecule has 0 aliphatic carbocycles. The molecular weight excluding hydrogens is 252 g/mol. The molecule has 0 radical (unpaired) electrons. The Balaban J connectivity index is 3.03. The van der Waals surface area contributed by atoms with Gasteiger partial charge in [-0.15, -0.1) is 0 Å². The summed E-state index contributed by atoms with van der Waals surface area (Å²) in [6, 6.07) is 4.22. The minimum atomic E-state index is -0.949. The molecular formula is C12H16N2O5. The second-order valence-electron chi connectivity index (χ2n) is 4.76. The van der Waals surface area contributed by atoms with Gasteiger partial charge in [0.1, 0.15) is 5.75 Å². The van der Waals surface area contributed by atoms with Gasteiger partial charge in [-0.1, -0.05) is 0 Å². The topological polar surface area (TPSA) is 102 Å². The van der Waals surface area contributed by atoms with Crippen LogP contribution in [-0.4, -0.2) is 28.6 Å². The fourth-order valence-electron chi connectivity index (χ4n) is 1.69. The molecule has 0 aromatic heterocycles. The number of carboxylic acid groups (broad SMARTS) is 1. The highest BCUT2D eigenvalue weighted by atomic mass is 16.6. The number of aliphatic carboxylic acids is 1. The van der Waals surface area contributed by atoms with Crippen LogP contribution >= 0.6 is 0 Å². The van der Waals surface area contributed by atoms with Crippen LogP contribution in [0.4, 0.5) is 11.4 Å². The highest BCUT2D eigenvalue weighted by Crippen LogP contribution is 2.28. The first kappa shape index (κ1) is 14.7. The number of carboxylic acids is 1. The summed E-state index contributed by atoms with van der Waals surface area (Å²) < 4.78 is 4.98. The van der Waals surface area contributed by atoms with E-state index in [0.717, 1.165) is 0 Å². The maximum atomic E-state index is 10.8. The molecule has 7 heteroatoms. The van der Waals surface area contributed by atoms with Crippen molar-refractivity contribution >= 4 is 17.3 Å². The van der Waals surface area contributed by atoms with Crippen LogP contribution in [0.15, 0.2) is 18.2 Å². The Bertz CT molecular complexity index is 499. The van der Waals surface area contributed by atoms with Crippen molar-refractivity contribution in [2.24, 2.45) is 0 Å². The van der Waals surface area contributed by atoms with E-state index in [4.69, 9.17) is 9.84 Å². The third-order valence-corrected chi connectivity index (χ3v) is 2.41. The maximum absolute atomic E-state index is 10.8. The lowest BCUT2D eigenvalue weighted by molar-refractivity contribution is -0.384. The van der Waals surface area contributed by atoms with Gasteiger partial charge in [-0.05, 0) is 13.8 Å². The summed E-state index contributed by atoms with van der Waals surface area (Å²) in [5, 5.41) is 22.5. The molecule has 104 valence electrons. The number of nitrogens with one attached hydrogen (secondary N) is 1. The van der Waals surface area contributed by atoms with E-state index >= 15 is 0 Å². The lowest BCUT2D eigenvalue weighted by Gasteiger charge is -2.25. The van der Waals surface area contributed by atoms with E-state index < -0.39 is 16.4 Å². The summed E-state index contributed by atoms with van der Waals surface area (Å²) in [6.45, 7) is 3.40. The van der Waals surface area contributed by atoms with E-state index in [-0.39, 0.29) is 12.1 Å². The molecule has 0 aliphatic heterocycles. The third-order valence-electron chi connectivity index (χ3n) is 2.41. The second-order valence-corrected chi connectivity index (χ2v) is 4.76. The Kier molecular flexibility index (Phi) is 4.31. The van der Waals surface area contributed by atoms with Gasteiger partial charge in [-0.2, -0.15) is 0 Å². The fraction of sp³-hybridized carbons (Fsp3) is 0.417. The van der Waals surface area contributed by atoms with Crippen molar-refractivity contribution in [2.75, 3.05) is 12.4 Å². The van der Waals surface area contributed by atoms with Crippen LogP contribution in [0.1, 0.15) is 20.3 Å². The van der Waals surface area contributed by atoms with Gasteiger partial charge in [-0.25, -0.2) is 0 Å². The van der Waals surface area contributed by atoms with E-state index in [1.807, 2.05) is 0 Å². The van der Waals surface area contributed by atoms with Crippen molar-refractivity contribution in [3.63, 3.8) is 0 Å². The number of nitro groups is 1. The molecule has 0 fully saturated rings. The Labute approximate surface area is 110 Å². The summed E-state index contributed by atoms with van der Waals surface area (Å²) in [6.07, 6.45) is -0.113. The van der Waals surface area contributed by atoms with Crippen LogP contribution in [0.5, 0.6) is 5.75 Å². The summed E-state index contributed by atoms with van der Waals surface area (Å²) >= 11 is 0. The molecule has 7 nitrogen and oxygen atoms in total. The summed E-state index contributed by atoms with van der Waals surface area (Å²) in [4.78, 5) is 21.0. The van der Waals surface area contributed by atoms with Gasteiger partial charge in [0.2, 0.25) is 0 Å². The molecule has 0 saturated heterocycles. The molecule has 1 rings (SSSR count). The average Bonchev–Trinajstić information content (AvgIpc) is 2.25. The molecule has 0 aliphatic rings. The number of benzene rings is 1. The number of non-ortho nitro benzene ring substituents is 1. The minimum absolute atomic E-state index is 0.113. The molecule has 1 aromatic carbocycles. The second kappa shape index (κ2) is 5.55. The van der Waals surface area contributed by atoms with Gasteiger partial charge in [0.15, 0.2) is 0 Å². The smallest absolute Gasteiger partial charge is 0.305 e. The van der Waals surface area contributed by atoms with E-state index in [0.29, 0.717) is 11.4 Å². The van der Waals surface area contributed by atoms with Crippen molar-refractivity contribution in [3.05, 3.63) is 28.3 Å². The van der Waals surface area contributed by atoms with Crippen LogP contribution in [0.25, 0.3) is 0 Å². The largest absolute Gasteiger partial charge is 0.496 e.